The lowest BCUT2D eigenvalue weighted by atomic mass is 9.67. The van der Waals surface area contributed by atoms with Gasteiger partial charge in [0.25, 0.3) is 0 Å². The van der Waals surface area contributed by atoms with Crippen molar-refractivity contribution >= 4 is 0 Å². The quantitative estimate of drug-likeness (QED) is 0.848. The van der Waals surface area contributed by atoms with Crippen LogP contribution in [0.2, 0.25) is 0 Å². The summed E-state index contributed by atoms with van der Waals surface area (Å²) < 4.78 is 26.0. The lowest BCUT2D eigenvalue weighted by molar-refractivity contribution is 0.184. The lowest BCUT2D eigenvalue weighted by Crippen LogP contribution is -2.48. The van der Waals surface area contributed by atoms with Gasteiger partial charge < -0.3 is 5.32 Å². The first-order valence-electron chi connectivity index (χ1n) is 6.31. The average Bonchev–Trinajstić information content (AvgIpc) is 2.32. The molecule has 94 valence electrons. The largest absolute Gasteiger partial charge is 0.314 e. The molecule has 1 fully saturated rings. The highest BCUT2D eigenvalue weighted by molar-refractivity contribution is 5.26. The molecule has 1 aromatic rings. The Hall–Kier alpha value is -0.960. The van der Waals surface area contributed by atoms with E-state index < -0.39 is 11.6 Å². The van der Waals surface area contributed by atoms with Gasteiger partial charge in [0.2, 0.25) is 0 Å². The van der Waals surface area contributed by atoms with Crippen molar-refractivity contribution in [1.82, 2.24) is 5.32 Å². The van der Waals surface area contributed by atoms with Gasteiger partial charge in [-0.15, -0.1) is 0 Å². The third-order valence-electron chi connectivity index (χ3n) is 3.81. The zero-order valence-electron chi connectivity index (χ0n) is 10.3. The Balaban J connectivity index is 1.99. The first kappa shape index (κ1) is 12.5. The highest BCUT2D eigenvalue weighted by atomic mass is 19.2. The predicted octanol–water partition coefficient (Wildman–Crippen LogP) is 3.46. The summed E-state index contributed by atoms with van der Waals surface area (Å²) in [6, 6.07) is 4.79. The maximum Gasteiger partial charge on any atom is 0.159 e. The van der Waals surface area contributed by atoms with E-state index in [1.54, 1.807) is 6.07 Å². The van der Waals surface area contributed by atoms with Gasteiger partial charge in [-0.25, -0.2) is 8.78 Å². The Kier molecular flexibility index (Phi) is 3.77. The molecule has 1 N–H and O–H groups in total. The third kappa shape index (κ3) is 2.49. The highest BCUT2D eigenvalue weighted by Gasteiger charge is 2.38. The highest BCUT2D eigenvalue weighted by Crippen LogP contribution is 2.42. The predicted molar refractivity (Wildman–Crippen MR) is 65.0 cm³/mol. The summed E-state index contributed by atoms with van der Waals surface area (Å²) in [5.41, 5.74) is 0.922. The van der Waals surface area contributed by atoms with Gasteiger partial charge in [0.05, 0.1) is 0 Å². The Morgan fingerprint density at radius 2 is 2.06 bits per heavy atom. The van der Waals surface area contributed by atoms with Crippen LogP contribution in [0.5, 0.6) is 0 Å². The number of halogens is 2. The van der Waals surface area contributed by atoms with E-state index in [2.05, 4.69) is 19.2 Å². The van der Waals surface area contributed by atoms with Crippen LogP contribution in [0.15, 0.2) is 18.2 Å². The van der Waals surface area contributed by atoms with Gasteiger partial charge in [-0.1, -0.05) is 19.9 Å². The first-order valence-corrected chi connectivity index (χ1v) is 6.31. The van der Waals surface area contributed by atoms with Crippen molar-refractivity contribution in [2.24, 2.45) is 5.92 Å². The van der Waals surface area contributed by atoms with E-state index in [1.165, 1.54) is 12.1 Å². The van der Waals surface area contributed by atoms with Crippen molar-refractivity contribution in [2.75, 3.05) is 6.54 Å². The molecule has 1 aliphatic carbocycles. The summed E-state index contributed by atoms with van der Waals surface area (Å²) in [5, 5.41) is 3.48. The molecule has 0 bridgehead atoms. The normalized spacial score (nSPS) is 27.9. The average molecular weight is 239 g/mol. The van der Waals surface area contributed by atoms with Crippen molar-refractivity contribution < 1.29 is 8.78 Å². The van der Waals surface area contributed by atoms with E-state index in [1.807, 2.05) is 0 Å². The fraction of sp³-hybridized carbons (Fsp3) is 0.571. The molecule has 0 saturated heterocycles. The van der Waals surface area contributed by atoms with Crippen LogP contribution in [0.25, 0.3) is 0 Å². The van der Waals surface area contributed by atoms with Gasteiger partial charge >= 0.3 is 0 Å². The molecule has 3 heteroatoms. The number of hydrogen-bond acceptors (Lipinski definition) is 1. The monoisotopic (exact) mass is 239 g/mol. The van der Waals surface area contributed by atoms with Crippen molar-refractivity contribution in [3.05, 3.63) is 35.4 Å². The van der Waals surface area contributed by atoms with Crippen LogP contribution in [-0.4, -0.2) is 12.6 Å². The second-order valence-corrected chi connectivity index (χ2v) is 4.94. The summed E-state index contributed by atoms with van der Waals surface area (Å²) in [6.07, 6.45) is 2.14. The summed E-state index contributed by atoms with van der Waals surface area (Å²) in [4.78, 5) is 0. The molecular weight excluding hydrogens is 220 g/mol. The van der Waals surface area contributed by atoms with Gasteiger partial charge in [-0.3, -0.25) is 0 Å². The van der Waals surface area contributed by atoms with Crippen molar-refractivity contribution in [3.8, 4) is 0 Å². The third-order valence-corrected chi connectivity index (χ3v) is 3.81. The van der Waals surface area contributed by atoms with Crippen molar-refractivity contribution in [2.45, 2.75) is 38.6 Å². The molecule has 0 radical (unpaired) electrons. The summed E-state index contributed by atoms with van der Waals surface area (Å²) >= 11 is 0. The summed E-state index contributed by atoms with van der Waals surface area (Å²) in [7, 11) is 0. The molecule has 0 amide bonds. The van der Waals surface area contributed by atoms with Crippen LogP contribution in [0.1, 0.15) is 38.2 Å². The molecule has 3 unspecified atom stereocenters. The minimum atomic E-state index is -0.763. The van der Waals surface area contributed by atoms with Gasteiger partial charge in [0, 0.05) is 6.04 Å². The van der Waals surface area contributed by atoms with Gasteiger partial charge in [-0.2, -0.15) is 0 Å². The summed E-state index contributed by atoms with van der Waals surface area (Å²) in [6.45, 7) is 5.34. The molecular formula is C14H19F2N. The molecule has 0 aromatic heterocycles. The molecule has 1 aliphatic rings. The second kappa shape index (κ2) is 5.13. The zero-order valence-corrected chi connectivity index (χ0v) is 10.3. The smallest absolute Gasteiger partial charge is 0.159 e. The van der Waals surface area contributed by atoms with Crippen LogP contribution in [0, 0.1) is 17.6 Å². The standard InChI is InChI=1S/C14H19F2N/c1-3-6-17-14-8-11(9(14)2)10-4-5-12(15)13(16)7-10/h4-5,7,9,11,14,17H,3,6,8H2,1-2H3. The fourth-order valence-electron chi connectivity index (χ4n) is 2.57. The van der Waals surface area contributed by atoms with Gasteiger partial charge in [0.15, 0.2) is 11.6 Å². The van der Waals surface area contributed by atoms with E-state index in [0.717, 1.165) is 24.9 Å². The topological polar surface area (TPSA) is 12.0 Å². The van der Waals surface area contributed by atoms with Gasteiger partial charge in [-0.05, 0) is 48.9 Å². The minimum Gasteiger partial charge on any atom is -0.314 e. The number of benzene rings is 1. The van der Waals surface area contributed by atoms with Crippen LogP contribution in [0.3, 0.4) is 0 Å². The first-order chi connectivity index (χ1) is 8.13. The lowest BCUT2D eigenvalue weighted by Gasteiger charge is -2.43. The Labute approximate surface area is 101 Å². The summed E-state index contributed by atoms with van der Waals surface area (Å²) in [5.74, 6) is -0.646. The Morgan fingerprint density at radius 1 is 1.29 bits per heavy atom. The number of nitrogens with one attached hydrogen (secondary N) is 1. The minimum absolute atomic E-state index is 0.361. The number of rotatable bonds is 4. The van der Waals surface area contributed by atoms with Crippen LogP contribution in [-0.2, 0) is 0 Å². The Morgan fingerprint density at radius 3 is 2.65 bits per heavy atom. The van der Waals surface area contributed by atoms with Crippen molar-refractivity contribution in [3.63, 3.8) is 0 Å². The van der Waals surface area contributed by atoms with Crippen LogP contribution in [0.4, 0.5) is 8.78 Å². The molecule has 2 rings (SSSR count). The maximum atomic E-state index is 13.1. The molecule has 1 nitrogen and oxygen atoms in total. The Bertz CT molecular complexity index is 392. The van der Waals surface area contributed by atoms with Gasteiger partial charge in [0.1, 0.15) is 0 Å². The van der Waals surface area contributed by atoms with Crippen LogP contribution < -0.4 is 5.32 Å². The molecule has 17 heavy (non-hydrogen) atoms. The van der Waals surface area contributed by atoms with E-state index in [9.17, 15) is 8.78 Å². The van der Waals surface area contributed by atoms with E-state index in [0.29, 0.717) is 17.9 Å². The van der Waals surface area contributed by atoms with Crippen LogP contribution >= 0.6 is 0 Å². The molecule has 0 aliphatic heterocycles. The molecule has 1 aromatic carbocycles. The van der Waals surface area contributed by atoms with E-state index in [4.69, 9.17) is 0 Å². The molecule has 0 spiro atoms. The van der Waals surface area contributed by atoms with Crippen molar-refractivity contribution in [1.29, 1.82) is 0 Å². The molecule has 1 saturated carbocycles. The number of hydrogen-bond donors (Lipinski definition) is 1. The molecule has 3 atom stereocenters. The van der Waals surface area contributed by atoms with E-state index in [-0.39, 0.29) is 0 Å². The maximum absolute atomic E-state index is 13.1. The van der Waals surface area contributed by atoms with E-state index >= 15 is 0 Å². The second-order valence-electron chi connectivity index (χ2n) is 4.94. The SMILES string of the molecule is CCCNC1CC(c2ccc(F)c(F)c2)C1C. The fourth-order valence-corrected chi connectivity index (χ4v) is 2.57. The zero-order chi connectivity index (χ0) is 12.4. The molecule has 0 heterocycles.